The van der Waals surface area contributed by atoms with Crippen molar-refractivity contribution in [3.05, 3.63) is 12.3 Å². The van der Waals surface area contributed by atoms with Crippen LogP contribution in [0.4, 0.5) is 10.2 Å². The zero-order valence-corrected chi connectivity index (χ0v) is 7.48. The predicted molar refractivity (Wildman–Crippen MR) is 48.4 cm³/mol. The van der Waals surface area contributed by atoms with Crippen molar-refractivity contribution < 1.29 is 9.18 Å². The molecule has 2 heterocycles. The molecule has 1 amide bonds. The second kappa shape index (κ2) is 3.28. The number of aromatic nitrogens is 2. The highest BCUT2D eigenvalue weighted by Gasteiger charge is 2.36. The van der Waals surface area contributed by atoms with Gasteiger partial charge in [-0.25, -0.2) is 4.39 Å². The molecule has 1 aromatic rings. The molecule has 6 heteroatoms. The minimum atomic E-state index is -1.01. The summed E-state index contributed by atoms with van der Waals surface area (Å²) in [5.74, 6) is 0.0575. The molecule has 0 aromatic carbocycles. The molecular formula is C8H11FN4O. The Morgan fingerprint density at radius 1 is 1.79 bits per heavy atom. The van der Waals surface area contributed by atoms with E-state index in [1.54, 1.807) is 17.2 Å². The van der Waals surface area contributed by atoms with Crippen LogP contribution in [-0.4, -0.2) is 34.9 Å². The Bertz CT molecular complexity index is 326. The van der Waals surface area contributed by atoms with Gasteiger partial charge < -0.3 is 10.6 Å². The highest BCUT2D eigenvalue weighted by Crippen LogP contribution is 2.24. The van der Waals surface area contributed by atoms with Crippen LogP contribution in [0.1, 0.15) is 6.42 Å². The normalized spacial score (nSPS) is 26.8. The molecule has 1 saturated heterocycles. The maximum atomic E-state index is 13.1. The predicted octanol–water partition coefficient (Wildman–Crippen LogP) is -0.188. The maximum Gasteiger partial charge on any atom is 0.240 e. The second-order valence-corrected chi connectivity index (χ2v) is 3.34. The van der Waals surface area contributed by atoms with Crippen LogP contribution in [0.2, 0.25) is 0 Å². The number of nitrogens with two attached hydrogens (primary N) is 1. The number of nitrogens with one attached hydrogen (secondary N) is 1. The van der Waals surface area contributed by atoms with Crippen LogP contribution >= 0.6 is 0 Å². The number of amides is 1. The van der Waals surface area contributed by atoms with Crippen molar-refractivity contribution in [3.63, 3.8) is 0 Å². The van der Waals surface area contributed by atoms with Gasteiger partial charge in [-0.3, -0.25) is 9.89 Å². The molecule has 14 heavy (non-hydrogen) atoms. The fourth-order valence-corrected chi connectivity index (χ4v) is 1.72. The third kappa shape index (κ3) is 1.43. The third-order valence-corrected chi connectivity index (χ3v) is 2.36. The fraction of sp³-hybridized carbons (Fsp3) is 0.500. The molecule has 1 aromatic heterocycles. The molecule has 2 atom stereocenters. The van der Waals surface area contributed by atoms with Crippen LogP contribution in [-0.2, 0) is 4.79 Å². The number of hydrogen-bond donors (Lipinski definition) is 2. The Kier molecular flexibility index (Phi) is 2.11. The third-order valence-electron chi connectivity index (χ3n) is 2.36. The van der Waals surface area contributed by atoms with Crippen molar-refractivity contribution in [2.45, 2.75) is 18.6 Å². The van der Waals surface area contributed by atoms with E-state index in [1.165, 1.54) is 0 Å². The van der Waals surface area contributed by atoms with Crippen molar-refractivity contribution in [3.8, 4) is 0 Å². The number of carbonyl (C=O) groups excluding carboxylic acids is 1. The van der Waals surface area contributed by atoms with Crippen LogP contribution in [0, 0.1) is 0 Å². The summed E-state index contributed by atoms with van der Waals surface area (Å²) >= 11 is 0. The Morgan fingerprint density at radius 2 is 2.57 bits per heavy atom. The Morgan fingerprint density at radius 3 is 3.14 bits per heavy atom. The van der Waals surface area contributed by atoms with Gasteiger partial charge in [0.25, 0.3) is 0 Å². The molecule has 76 valence electrons. The van der Waals surface area contributed by atoms with E-state index in [-0.39, 0.29) is 13.0 Å². The maximum absolute atomic E-state index is 13.1. The Labute approximate surface area is 80.1 Å². The van der Waals surface area contributed by atoms with Crippen molar-refractivity contribution in [1.82, 2.24) is 10.2 Å². The number of halogens is 1. The smallest absolute Gasteiger partial charge is 0.240 e. The fourth-order valence-electron chi connectivity index (χ4n) is 1.72. The molecule has 0 radical (unpaired) electrons. The molecule has 1 aliphatic rings. The van der Waals surface area contributed by atoms with E-state index in [1.807, 2.05) is 0 Å². The zero-order chi connectivity index (χ0) is 10.1. The number of H-pyrrole nitrogens is 1. The molecule has 0 bridgehead atoms. The number of anilines is 1. The van der Waals surface area contributed by atoms with E-state index in [9.17, 15) is 9.18 Å². The van der Waals surface area contributed by atoms with E-state index >= 15 is 0 Å². The van der Waals surface area contributed by atoms with Gasteiger partial charge in [0.2, 0.25) is 5.91 Å². The molecule has 0 saturated carbocycles. The van der Waals surface area contributed by atoms with Crippen LogP contribution < -0.4 is 10.6 Å². The Balaban J connectivity index is 2.21. The molecule has 3 N–H and O–H groups in total. The minimum Gasteiger partial charge on any atom is -0.368 e. The summed E-state index contributed by atoms with van der Waals surface area (Å²) < 4.78 is 13.1. The summed E-state index contributed by atoms with van der Waals surface area (Å²) in [6, 6.07) is 1.11. The standard InChI is InChI=1S/C8H11FN4O/c9-5-3-6(8(10)14)13(4-5)7-1-2-11-12-7/h1-2,5-6H,3-4H2,(H2,10,14)(H,11,12). The van der Waals surface area contributed by atoms with Crippen LogP contribution in [0.3, 0.4) is 0 Å². The van der Waals surface area contributed by atoms with Crippen molar-refractivity contribution in [2.75, 3.05) is 11.4 Å². The summed E-state index contributed by atoms with van der Waals surface area (Å²) in [6.45, 7) is 0.179. The van der Waals surface area contributed by atoms with Gasteiger partial charge in [0.05, 0.1) is 6.54 Å². The molecule has 0 spiro atoms. The Hall–Kier alpha value is -1.59. The first-order valence-corrected chi connectivity index (χ1v) is 4.38. The summed E-state index contributed by atoms with van der Waals surface area (Å²) in [5.41, 5.74) is 5.17. The largest absolute Gasteiger partial charge is 0.368 e. The highest BCUT2D eigenvalue weighted by atomic mass is 19.1. The molecule has 1 aliphatic heterocycles. The van der Waals surface area contributed by atoms with E-state index in [4.69, 9.17) is 5.73 Å². The molecular weight excluding hydrogens is 187 g/mol. The lowest BCUT2D eigenvalue weighted by Gasteiger charge is -2.20. The zero-order valence-electron chi connectivity index (χ0n) is 7.48. The molecule has 2 rings (SSSR count). The minimum absolute atomic E-state index is 0.155. The first kappa shape index (κ1) is 8.98. The van der Waals surface area contributed by atoms with Gasteiger partial charge in [0.1, 0.15) is 12.2 Å². The van der Waals surface area contributed by atoms with E-state index < -0.39 is 18.1 Å². The lowest BCUT2D eigenvalue weighted by atomic mass is 10.2. The molecule has 2 unspecified atom stereocenters. The van der Waals surface area contributed by atoms with Gasteiger partial charge in [-0.15, -0.1) is 0 Å². The van der Waals surface area contributed by atoms with E-state index in [2.05, 4.69) is 10.2 Å². The van der Waals surface area contributed by atoms with Crippen molar-refractivity contribution in [1.29, 1.82) is 0 Å². The molecule has 0 aliphatic carbocycles. The quantitative estimate of drug-likeness (QED) is 0.691. The first-order chi connectivity index (χ1) is 6.68. The first-order valence-electron chi connectivity index (χ1n) is 4.38. The second-order valence-electron chi connectivity index (χ2n) is 3.34. The number of hydrogen-bond acceptors (Lipinski definition) is 3. The highest BCUT2D eigenvalue weighted by molar-refractivity contribution is 5.84. The van der Waals surface area contributed by atoms with Crippen LogP contribution in [0.15, 0.2) is 12.3 Å². The topological polar surface area (TPSA) is 75.0 Å². The number of primary amides is 1. The van der Waals surface area contributed by atoms with Gasteiger partial charge in [0.15, 0.2) is 5.82 Å². The van der Waals surface area contributed by atoms with Crippen molar-refractivity contribution in [2.24, 2.45) is 5.73 Å². The number of carbonyl (C=O) groups is 1. The van der Waals surface area contributed by atoms with Gasteiger partial charge in [-0.2, -0.15) is 5.10 Å². The summed E-state index contributed by atoms with van der Waals surface area (Å²) in [6.07, 6.45) is 0.769. The lowest BCUT2D eigenvalue weighted by molar-refractivity contribution is -0.119. The number of rotatable bonds is 2. The summed E-state index contributed by atoms with van der Waals surface area (Å²) in [7, 11) is 0. The summed E-state index contributed by atoms with van der Waals surface area (Å²) in [4.78, 5) is 12.6. The van der Waals surface area contributed by atoms with Gasteiger partial charge in [-0.1, -0.05) is 0 Å². The lowest BCUT2D eigenvalue weighted by Crippen LogP contribution is -2.40. The summed E-state index contributed by atoms with van der Waals surface area (Å²) in [5, 5.41) is 6.51. The van der Waals surface area contributed by atoms with E-state index in [0.29, 0.717) is 5.82 Å². The number of nitrogens with zero attached hydrogens (tertiary/aromatic N) is 2. The van der Waals surface area contributed by atoms with Gasteiger partial charge >= 0.3 is 0 Å². The van der Waals surface area contributed by atoms with Gasteiger partial charge in [0, 0.05) is 18.7 Å². The molecule has 1 fully saturated rings. The van der Waals surface area contributed by atoms with Crippen LogP contribution in [0.5, 0.6) is 0 Å². The van der Waals surface area contributed by atoms with Crippen LogP contribution in [0.25, 0.3) is 0 Å². The van der Waals surface area contributed by atoms with Gasteiger partial charge in [-0.05, 0) is 0 Å². The van der Waals surface area contributed by atoms with Crippen molar-refractivity contribution >= 4 is 11.7 Å². The average Bonchev–Trinajstić information content (AvgIpc) is 2.70. The van der Waals surface area contributed by atoms with E-state index in [0.717, 1.165) is 0 Å². The number of alkyl halides is 1. The average molecular weight is 198 g/mol. The SMILES string of the molecule is NC(=O)C1CC(F)CN1c1cc[nH]n1. The monoisotopic (exact) mass is 198 g/mol. The number of aromatic amines is 1. The molecule has 5 nitrogen and oxygen atoms in total.